The number of benzene rings is 1. The summed E-state index contributed by atoms with van der Waals surface area (Å²) in [5, 5.41) is 0. The van der Waals surface area contributed by atoms with Crippen LogP contribution in [0.15, 0.2) is 24.3 Å². The van der Waals surface area contributed by atoms with Crippen LogP contribution >= 0.6 is 22.6 Å². The Kier molecular flexibility index (Phi) is 4.23. The van der Waals surface area contributed by atoms with Crippen molar-refractivity contribution in [3.63, 3.8) is 0 Å². The Hall–Kier alpha value is -0.0500. The van der Waals surface area contributed by atoms with Gasteiger partial charge in [0.05, 0.1) is 0 Å². The molecule has 0 saturated heterocycles. The fraction of sp³-hybridized carbons (Fsp3) is 0.500. The minimum absolute atomic E-state index is 0.692. The highest BCUT2D eigenvalue weighted by molar-refractivity contribution is 14.1. The predicted molar refractivity (Wildman–Crippen MR) is 67.0 cm³/mol. The van der Waals surface area contributed by atoms with Crippen LogP contribution in [0.5, 0.6) is 0 Å². The van der Waals surface area contributed by atoms with E-state index in [-0.39, 0.29) is 0 Å². The molecule has 0 nitrogen and oxygen atoms in total. The van der Waals surface area contributed by atoms with Gasteiger partial charge in [0.1, 0.15) is 0 Å². The molecule has 0 aliphatic rings. The van der Waals surface area contributed by atoms with Gasteiger partial charge in [-0.1, -0.05) is 32.9 Å². The van der Waals surface area contributed by atoms with E-state index in [1.54, 1.807) is 0 Å². The third-order valence-corrected chi connectivity index (χ3v) is 2.98. The van der Waals surface area contributed by atoms with E-state index in [1.807, 2.05) is 0 Å². The summed E-state index contributed by atoms with van der Waals surface area (Å²) < 4.78 is 1.32. The van der Waals surface area contributed by atoms with E-state index < -0.39 is 0 Å². The molecule has 1 aromatic rings. The van der Waals surface area contributed by atoms with Crippen LogP contribution in [0.25, 0.3) is 0 Å². The SMILES string of the molecule is CC(C)C[C@@H](C)c1ccc(I)cc1. The van der Waals surface area contributed by atoms with Crippen LogP contribution in [0.3, 0.4) is 0 Å². The van der Waals surface area contributed by atoms with E-state index in [1.165, 1.54) is 15.6 Å². The van der Waals surface area contributed by atoms with E-state index in [2.05, 4.69) is 67.6 Å². The zero-order valence-electron chi connectivity index (χ0n) is 8.55. The molecule has 0 bridgehead atoms. The highest BCUT2D eigenvalue weighted by atomic mass is 127. The summed E-state index contributed by atoms with van der Waals surface area (Å²) in [6.45, 7) is 6.87. The summed E-state index contributed by atoms with van der Waals surface area (Å²) >= 11 is 2.35. The topological polar surface area (TPSA) is 0 Å². The summed E-state index contributed by atoms with van der Waals surface area (Å²) in [6.07, 6.45) is 1.28. The van der Waals surface area contributed by atoms with E-state index in [0.717, 1.165) is 5.92 Å². The van der Waals surface area contributed by atoms with Gasteiger partial charge in [0, 0.05) is 3.57 Å². The van der Waals surface area contributed by atoms with Crippen molar-refractivity contribution in [3.8, 4) is 0 Å². The maximum atomic E-state index is 2.35. The van der Waals surface area contributed by atoms with E-state index in [4.69, 9.17) is 0 Å². The maximum Gasteiger partial charge on any atom is 0.0130 e. The van der Waals surface area contributed by atoms with Gasteiger partial charge in [0.15, 0.2) is 0 Å². The molecule has 0 amide bonds. The Balaban J connectivity index is 2.66. The van der Waals surface area contributed by atoms with Crippen molar-refractivity contribution >= 4 is 22.6 Å². The van der Waals surface area contributed by atoms with Crippen LogP contribution in [0.4, 0.5) is 0 Å². The summed E-state index contributed by atoms with van der Waals surface area (Å²) in [4.78, 5) is 0. The second-order valence-electron chi connectivity index (χ2n) is 4.08. The third kappa shape index (κ3) is 3.67. The van der Waals surface area contributed by atoms with Gasteiger partial charge in [-0.3, -0.25) is 0 Å². The minimum Gasteiger partial charge on any atom is -0.0628 e. The number of rotatable bonds is 3. The summed E-state index contributed by atoms with van der Waals surface area (Å²) in [5.41, 5.74) is 1.47. The van der Waals surface area contributed by atoms with E-state index in [0.29, 0.717) is 5.92 Å². The van der Waals surface area contributed by atoms with Gasteiger partial charge < -0.3 is 0 Å². The predicted octanol–water partition coefficient (Wildman–Crippen LogP) is 4.44. The largest absolute Gasteiger partial charge is 0.0628 e. The minimum atomic E-state index is 0.692. The maximum absolute atomic E-state index is 2.35. The molecule has 0 aliphatic carbocycles. The van der Waals surface area contributed by atoms with Crippen molar-refractivity contribution in [3.05, 3.63) is 33.4 Å². The molecule has 1 heteroatoms. The number of hydrogen-bond donors (Lipinski definition) is 0. The lowest BCUT2D eigenvalue weighted by Gasteiger charge is -2.14. The lowest BCUT2D eigenvalue weighted by molar-refractivity contribution is 0.523. The van der Waals surface area contributed by atoms with Crippen LogP contribution in [0, 0.1) is 9.49 Å². The monoisotopic (exact) mass is 288 g/mol. The molecule has 0 radical (unpaired) electrons. The molecule has 0 unspecified atom stereocenters. The van der Waals surface area contributed by atoms with Crippen molar-refractivity contribution in [1.29, 1.82) is 0 Å². The first kappa shape index (κ1) is 11.0. The molecule has 0 spiro atoms. The Morgan fingerprint density at radius 1 is 1.08 bits per heavy atom. The van der Waals surface area contributed by atoms with Crippen molar-refractivity contribution in [2.24, 2.45) is 5.92 Å². The van der Waals surface area contributed by atoms with Crippen LogP contribution in [0.1, 0.15) is 38.7 Å². The molecule has 0 aliphatic heterocycles. The molecular formula is C12H17I. The second-order valence-corrected chi connectivity index (χ2v) is 5.33. The van der Waals surface area contributed by atoms with Gasteiger partial charge >= 0.3 is 0 Å². The van der Waals surface area contributed by atoms with Gasteiger partial charge in [0.2, 0.25) is 0 Å². The fourth-order valence-electron chi connectivity index (χ4n) is 1.63. The Morgan fingerprint density at radius 2 is 1.62 bits per heavy atom. The normalized spacial score (nSPS) is 13.3. The third-order valence-electron chi connectivity index (χ3n) is 2.26. The van der Waals surface area contributed by atoms with E-state index in [9.17, 15) is 0 Å². The van der Waals surface area contributed by atoms with Crippen LogP contribution in [-0.4, -0.2) is 0 Å². The molecule has 1 atom stereocenters. The van der Waals surface area contributed by atoms with Crippen LogP contribution in [-0.2, 0) is 0 Å². The van der Waals surface area contributed by atoms with Gasteiger partial charge in [-0.05, 0) is 58.5 Å². The average molecular weight is 288 g/mol. The highest BCUT2D eigenvalue weighted by Crippen LogP contribution is 2.23. The molecule has 0 aromatic heterocycles. The quantitative estimate of drug-likeness (QED) is 0.721. The first-order valence-electron chi connectivity index (χ1n) is 4.85. The Bertz CT molecular complexity index is 248. The second kappa shape index (κ2) is 4.99. The average Bonchev–Trinajstić information content (AvgIpc) is 2.04. The summed E-state index contributed by atoms with van der Waals surface area (Å²) in [7, 11) is 0. The molecule has 0 heterocycles. The van der Waals surface area contributed by atoms with Crippen molar-refractivity contribution in [1.82, 2.24) is 0 Å². The summed E-state index contributed by atoms with van der Waals surface area (Å²) in [6, 6.07) is 8.86. The van der Waals surface area contributed by atoms with Crippen LogP contribution < -0.4 is 0 Å². The first-order chi connectivity index (χ1) is 6.09. The molecular weight excluding hydrogens is 271 g/mol. The lowest BCUT2D eigenvalue weighted by Crippen LogP contribution is -1.98. The smallest absolute Gasteiger partial charge is 0.0130 e. The number of halogens is 1. The van der Waals surface area contributed by atoms with Crippen LogP contribution in [0.2, 0.25) is 0 Å². The van der Waals surface area contributed by atoms with Crippen molar-refractivity contribution in [2.75, 3.05) is 0 Å². The zero-order chi connectivity index (χ0) is 9.84. The molecule has 1 rings (SSSR count). The summed E-state index contributed by atoms with van der Waals surface area (Å²) in [5.74, 6) is 1.48. The molecule has 72 valence electrons. The fourth-order valence-corrected chi connectivity index (χ4v) is 1.99. The number of hydrogen-bond acceptors (Lipinski definition) is 0. The standard InChI is InChI=1S/C12H17I/c1-9(2)8-10(3)11-4-6-12(13)7-5-11/h4-7,9-10H,8H2,1-3H3/t10-/m1/s1. The van der Waals surface area contributed by atoms with Gasteiger partial charge in [-0.25, -0.2) is 0 Å². The zero-order valence-corrected chi connectivity index (χ0v) is 10.7. The Morgan fingerprint density at radius 3 is 2.08 bits per heavy atom. The van der Waals surface area contributed by atoms with Gasteiger partial charge in [-0.15, -0.1) is 0 Å². The van der Waals surface area contributed by atoms with Crippen molar-refractivity contribution < 1.29 is 0 Å². The molecule has 1 aromatic carbocycles. The highest BCUT2D eigenvalue weighted by Gasteiger charge is 2.06. The van der Waals surface area contributed by atoms with Crippen molar-refractivity contribution in [2.45, 2.75) is 33.1 Å². The lowest BCUT2D eigenvalue weighted by atomic mass is 9.92. The molecule has 0 fully saturated rings. The van der Waals surface area contributed by atoms with Gasteiger partial charge in [0.25, 0.3) is 0 Å². The molecule has 0 N–H and O–H groups in total. The van der Waals surface area contributed by atoms with E-state index >= 15 is 0 Å². The van der Waals surface area contributed by atoms with Gasteiger partial charge in [-0.2, -0.15) is 0 Å². The Labute approximate surface area is 94.9 Å². The molecule has 13 heavy (non-hydrogen) atoms. The first-order valence-corrected chi connectivity index (χ1v) is 5.93. The molecule has 0 saturated carbocycles.